The summed E-state index contributed by atoms with van der Waals surface area (Å²) < 4.78 is 0. The van der Waals surface area contributed by atoms with E-state index in [-0.39, 0.29) is 0 Å². The first-order valence-electron chi connectivity index (χ1n) is 7.42. The summed E-state index contributed by atoms with van der Waals surface area (Å²) in [5.74, 6) is 1.68. The van der Waals surface area contributed by atoms with Crippen molar-refractivity contribution >= 4 is 5.95 Å². The molecule has 1 aromatic rings. The van der Waals surface area contributed by atoms with Crippen LogP contribution in [0, 0.1) is 19.8 Å². The van der Waals surface area contributed by atoms with Gasteiger partial charge < -0.3 is 10.2 Å². The molecule has 0 aromatic carbocycles. The third-order valence-corrected chi connectivity index (χ3v) is 3.79. The summed E-state index contributed by atoms with van der Waals surface area (Å²) >= 11 is 0. The number of aryl methyl sites for hydroxylation is 2. The van der Waals surface area contributed by atoms with Crippen molar-refractivity contribution in [3.05, 3.63) is 17.5 Å². The smallest absolute Gasteiger partial charge is 0.223 e. The van der Waals surface area contributed by atoms with Gasteiger partial charge in [0.2, 0.25) is 5.95 Å². The molecule has 4 nitrogen and oxygen atoms in total. The average molecular weight is 262 g/mol. The minimum absolute atomic E-state index is 0.768. The lowest BCUT2D eigenvalue weighted by Gasteiger charge is -2.30. The minimum atomic E-state index is 0.768. The first-order chi connectivity index (χ1) is 9.13. The Balaban J connectivity index is 1.66. The molecule has 0 atom stereocenters. The fraction of sp³-hybridized carbons (Fsp3) is 0.733. The molecule has 19 heavy (non-hydrogen) atoms. The highest BCUT2D eigenvalue weighted by atomic mass is 15.1. The number of anilines is 1. The van der Waals surface area contributed by atoms with Crippen LogP contribution in [-0.2, 0) is 0 Å². The molecular formula is C15H26N4. The van der Waals surface area contributed by atoms with Crippen molar-refractivity contribution < 1.29 is 0 Å². The summed E-state index contributed by atoms with van der Waals surface area (Å²) in [7, 11) is 0. The van der Waals surface area contributed by atoms with Crippen LogP contribution in [-0.4, -0.2) is 41.0 Å². The first kappa shape index (κ1) is 14.3. The molecule has 0 amide bonds. The van der Waals surface area contributed by atoms with Gasteiger partial charge in [-0.1, -0.05) is 6.92 Å². The van der Waals surface area contributed by atoms with E-state index in [9.17, 15) is 0 Å². The number of piperidine rings is 1. The second kappa shape index (κ2) is 6.85. The number of nitrogens with one attached hydrogen (secondary N) is 1. The van der Waals surface area contributed by atoms with Crippen LogP contribution in [0.2, 0.25) is 0 Å². The number of rotatable bonds is 5. The summed E-state index contributed by atoms with van der Waals surface area (Å²) in [6.07, 6.45) is 3.87. The molecule has 1 N–H and O–H groups in total. The maximum absolute atomic E-state index is 4.39. The van der Waals surface area contributed by atoms with E-state index < -0.39 is 0 Å². The zero-order chi connectivity index (χ0) is 13.7. The zero-order valence-corrected chi connectivity index (χ0v) is 12.4. The van der Waals surface area contributed by atoms with E-state index in [1.54, 1.807) is 0 Å². The predicted octanol–water partition coefficient (Wildman–Crippen LogP) is 2.63. The van der Waals surface area contributed by atoms with Crippen LogP contribution in [0.3, 0.4) is 0 Å². The normalized spacial score (nSPS) is 17.6. The van der Waals surface area contributed by atoms with Crippen molar-refractivity contribution in [1.82, 2.24) is 14.9 Å². The van der Waals surface area contributed by atoms with Gasteiger partial charge in [-0.2, -0.15) is 0 Å². The molecule has 2 rings (SSSR count). The molecule has 0 radical (unpaired) electrons. The molecule has 0 unspecified atom stereocenters. The van der Waals surface area contributed by atoms with E-state index in [4.69, 9.17) is 0 Å². The molecule has 1 aliphatic heterocycles. The second-order valence-electron chi connectivity index (χ2n) is 5.78. The van der Waals surface area contributed by atoms with Crippen molar-refractivity contribution in [1.29, 1.82) is 0 Å². The fourth-order valence-corrected chi connectivity index (χ4v) is 2.59. The molecule has 4 heteroatoms. The zero-order valence-electron chi connectivity index (χ0n) is 12.4. The van der Waals surface area contributed by atoms with Gasteiger partial charge in [0.1, 0.15) is 0 Å². The molecule has 1 aliphatic rings. The second-order valence-corrected chi connectivity index (χ2v) is 5.78. The third kappa shape index (κ3) is 4.78. The Morgan fingerprint density at radius 1 is 1.21 bits per heavy atom. The van der Waals surface area contributed by atoms with E-state index in [2.05, 4.69) is 27.1 Å². The summed E-state index contributed by atoms with van der Waals surface area (Å²) in [5, 5.41) is 3.33. The lowest BCUT2D eigenvalue weighted by molar-refractivity contribution is 0.192. The highest BCUT2D eigenvalue weighted by Gasteiger charge is 2.14. The molecule has 0 aliphatic carbocycles. The van der Waals surface area contributed by atoms with Crippen LogP contribution in [0.25, 0.3) is 0 Å². The molecule has 0 spiro atoms. The quantitative estimate of drug-likeness (QED) is 0.828. The molecule has 0 bridgehead atoms. The van der Waals surface area contributed by atoms with Gasteiger partial charge in [-0.3, -0.25) is 0 Å². The standard InChI is InChI=1S/C15H26N4/c1-12-5-9-19(10-6-12)8-4-7-16-15-17-13(2)11-14(3)18-15/h11-12H,4-10H2,1-3H3,(H,16,17,18). The number of hydrogen-bond acceptors (Lipinski definition) is 4. The Kier molecular flexibility index (Phi) is 5.14. The Morgan fingerprint density at radius 2 is 1.84 bits per heavy atom. The Labute approximate surface area is 116 Å². The van der Waals surface area contributed by atoms with E-state index in [0.29, 0.717) is 0 Å². The summed E-state index contributed by atoms with van der Waals surface area (Å²) in [4.78, 5) is 11.4. The fourth-order valence-electron chi connectivity index (χ4n) is 2.59. The van der Waals surface area contributed by atoms with Gasteiger partial charge >= 0.3 is 0 Å². The molecule has 2 heterocycles. The topological polar surface area (TPSA) is 41.1 Å². The summed E-state index contributed by atoms with van der Waals surface area (Å²) in [5.41, 5.74) is 2.06. The molecule has 106 valence electrons. The molecule has 1 aromatic heterocycles. The van der Waals surface area contributed by atoms with Gasteiger partial charge in [-0.25, -0.2) is 9.97 Å². The van der Waals surface area contributed by atoms with Gasteiger partial charge in [-0.05, 0) is 64.7 Å². The average Bonchev–Trinajstić information content (AvgIpc) is 2.36. The van der Waals surface area contributed by atoms with E-state index in [1.807, 2.05) is 19.9 Å². The molecule has 1 saturated heterocycles. The van der Waals surface area contributed by atoms with E-state index >= 15 is 0 Å². The van der Waals surface area contributed by atoms with Gasteiger partial charge in [0, 0.05) is 17.9 Å². The summed E-state index contributed by atoms with van der Waals surface area (Å²) in [6, 6.07) is 2.00. The third-order valence-electron chi connectivity index (χ3n) is 3.79. The van der Waals surface area contributed by atoms with Gasteiger partial charge in [0.25, 0.3) is 0 Å². The molecule has 1 fully saturated rings. The maximum atomic E-state index is 4.39. The van der Waals surface area contributed by atoms with Crippen LogP contribution >= 0.6 is 0 Å². The lowest BCUT2D eigenvalue weighted by atomic mass is 9.99. The van der Waals surface area contributed by atoms with Crippen molar-refractivity contribution in [2.24, 2.45) is 5.92 Å². The van der Waals surface area contributed by atoms with E-state index in [1.165, 1.54) is 32.5 Å². The van der Waals surface area contributed by atoms with Crippen LogP contribution in [0.4, 0.5) is 5.95 Å². The van der Waals surface area contributed by atoms with Crippen molar-refractivity contribution in [3.8, 4) is 0 Å². The maximum Gasteiger partial charge on any atom is 0.223 e. The van der Waals surface area contributed by atoms with E-state index in [0.717, 1.165) is 36.2 Å². The lowest BCUT2D eigenvalue weighted by Crippen LogP contribution is -2.34. The van der Waals surface area contributed by atoms with Crippen LogP contribution in [0.15, 0.2) is 6.07 Å². The largest absolute Gasteiger partial charge is 0.354 e. The van der Waals surface area contributed by atoms with Crippen LogP contribution < -0.4 is 5.32 Å². The molecular weight excluding hydrogens is 236 g/mol. The van der Waals surface area contributed by atoms with Crippen LogP contribution in [0.1, 0.15) is 37.6 Å². The summed E-state index contributed by atoms with van der Waals surface area (Å²) in [6.45, 7) is 11.0. The van der Waals surface area contributed by atoms with Crippen molar-refractivity contribution in [2.45, 2.75) is 40.0 Å². The van der Waals surface area contributed by atoms with Gasteiger partial charge in [0.15, 0.2) is 0 Å². The van der Waals surface area contributed by atoms with Crippen LogP contribution in [0.5, 0.6) is 0 Å². The number of hydrogen-bond donors (Lipinski definition) is 1. The number of nitrogens with zero attached hydrogens (tertiary/aromatic N) is 3. The van der Waals surface area contributed by atoms with Gasteiger partial charge in [-0.15, -0.1) is 0 Å². The Bertz CT molecular complexity index is 377. The SMILES string of the molecule is Cc1cc(C)nc(NCCCN2CCC(C)CC2)n1. The highest BCUT2D eigenvalue weighted by Crippen LogP contribution is 2.15. The monoisotopic (exact) mass is 262 g/mol. The van der Waals surface area contributed by atoms with Crippen molar-refractivity contribution in [3.63, 3.8) is 0 Å². The Morgan fingerprint density at radius 3 is 2.47 bits per heavy atom. The molecule has 0 saturated carbocycles. The highest BCUT2D eigenvalue weighted by molar-refractivity contribution is 5.27. The predicted molar refractivity (Wildman–Crippen MR) is 79.5 cm³/mol. The van der Waals surface area contributed by atoms with Crippen molar-refractivity contribution in [2.75, 3.05) is 31.5 Å². The van der Waals surface area contributed by atoms with Gasteiger partial charge in [0.05, 0.1) is 0 Å². The number of likely N-dealkylation sites (tertiary alicyclic amines) is 1. The Hall–Kier alpha value is -1.16. The number of aromatic nitrogens is 2. The minimum Gasteiger partial charge on any atom is -0.354 e. The first-order valence-corrected chi connectivity index (χ1v) is 7.42.